The monoisotopic (exact) mass is 279 g/mol. The summed E-state index contributed by atoms with van der Waals surface area (Å²) in [6.07, 6.45) is 1.51. The van der Waals surface area contributed by atoms with Crippen LogP contribution in [0.2, 0.25) is 0 Å². The predicted molar refractivity (Wildman–Crippen MR) is 69.5 cm³/mol. The van der Waals surface area contributed by atoms with E-state index in [0.717, 1.165) is 0 Å². The summed E-state index contributed by atoms with van der Waals surface area (Å²) in [5.74, 6) is 0.604. The van der Waals surface area contributed by atoms with E-state index < -0.39 is 5.54 Å². The molecule has 0 spiro atoms. The first-order valence-electron chi connectivity index (χ1n) is 6.13. The molecule has 0 bridgehead atoms. The summed E-state index contributed by atoms with van der Waals surface area (Å²) < 4.78 is 5.15. The molecule has 0 radical (unpaired) electrons. The van der Waals surface area contributed by atoms with Crippen LogP contribution < -0.4 is 0 Å². The lowest BCUT2D eigenvalue weighted by molar-refractivity contribution is -0.137. The van der Waals surface area contributed by atoms with Crippen LogP contribution in [0, 0.1) is 0 Å². The molecule has 8 nitrogen and oxygen atoms in total. The van der Waals surface area contributed by atoms with E-state index in [4.69, 9.17) is 4.42 Å². The molecule has 2 aromatic rings. The number of aliphatic hydroxyl groups excluding tert-OH is 1. The van der Waals surface area contributed by atoms with Crippen molar-refractivity contribution in [2.45, 2.75) is 25.9 Å². The molecule has 0 saturated carbocycles. The minimum atomic E-state index is -0.637. The first-order chi connectivity index (χ1) is 9.44. The fraction of sp³-hybridized carbons (Fsp3) is 0.500. The summed E-state index contributed by atoms with van der Waals surface area (Å²) in [5.41, 5.74) is -0.637. The Morgan fingerprint density at radius 2 is 2.30 bits per heavy atom. The van der Waals surface area contributed by atoms with Gasteiger partial charge in [-0.15, -0.1) is 10.2 Å². The second-order valence-corrected chi connectivity index (χ2v) is 5.04. The third-order valence-corrected chi connectivity index (χ3v) is 3.14. The molecule has 20 heavy (non-hydrogen) atoms. The SMILES string of the molecule is CN(C(=O)Cn1nnc(-c2ccco2)n1)C(C)(C)CO. The normalized spacial score (nSPS) is 11.6. The third-order valence-electron chi connectivity index (χ3n) is 3.14. The van der Waals surface area contributed by atoms with Crippen molar-refractivity contribution in [3.8, 4) is 11.6 Å². The van der Waals surface area contributed by atoms with Gasteiger partial charge in [-0.25, -0.2) is 0 Å². The van der Waals surface area contributed by atoms with Crippen LogP contribution in [-0.4, -0.2) is 55.3 Å². The number of furan rings is 1. The Balaban J connectivity index is 2.06. The van der Waals surface area contributed by atoms with Gasteiger partial charge in [-0.05, 0) is 31.2 Å². The first kappa shape index (κ1) is 14.2. The van der Waals surface area contributed by atoms with Crippen molar-refractivity contribution in [2.75, 3.05) is 13.7 Å². The van der Waals surface area contributed by atoms with Crippen LogP contribution in [0.3, 0.4) is 0 Å². The Bertz CT molecular complexity index is 576. The Labute approximate surface area is 116 Å². The lowest BCUT2D eigenvalue weighted by Crippen LogP contribution is -2.48. The molecular weight excluding hydrogens is 262 g/mol. The molecule has 0 aliphatic carbocycles. The number of hydrogen-bond acceptors (Lipinski definition) is 6. The highest BCUT2D eigenvalue weighted by Crippen LogP contribution is 2.14. The van der Waals surface area contributed by atoms with Crippen LogP contribution in [0.15, 0.2) is 22.8 Å². The Kier molecular flexibility index (Phi) is 3.84. The van der Waals surface area contributed by atoms with Gasteiger partial charge in [-0.3, -0.25) is 4.79 Å². The van der Waals surface area contributed by atoms with Crippen molar-refractivity contribution in [1.82, 2.24) is 25.1 Å². The third kappa shape index (κ3) is 2.85. The number of nitrogens with zero attached hydrogens (tertiary/aromatic N) is 5. The number of tetrazole rings is 1. The van der Waals surface area contributed by atoms with E-state index in [1.54, 1.807) is 33.0 Å². The molecule has 2 heterocycles. The van der Waals surface area contributed by atoms with Gasteiger partial charge in [0.15, 0.2) is 5.76 Å². The Morgan fingerprint density at radius 1 is 1.55 bits per heavy atom. The van der Waals surface area contributed by atoms with E-state index in [0.29, 0.717) is 11.6 Å². The Morgan fingerprint density at radius 3 is 2.90 bits per heavy atom. The molecule has 2 aromatic heterocycles. The zero-order chi connectivity index (χ0) is 14.8. The summed E-state index contributed by atoms with van der Waals surface area (Å²) in [6, 6.07) is 3.43. The van der Waals surface area contributed by atoms with Crippen molar-refractivity contribution < 1.29 is 14.3 Å². The number of rotatable bonds is 5. The summed E-state index contributed by atoms with van der Waals surface area (Å²) in [6.45, 7) is 3.37. The summed E-state index contributed by atoms with van der Waals surface area (Å²) >= 11 is 0. The predicted octanol–water partition coefficient (Wildman–Crippen LogP) is 0.162. The molecule has 0 aliphatic heterocycles. The Hall–Kier alpha value is -2.22. The molecule has 0 aromatic carbocycles. The maximum atomic E-state index is 12.1. The smallest absolute Gasteiger partial charge is 0.246 e. The van der Waals surface area contributed by atoms with Crippen LogP contribution in [0.1, 0.15) is 13.8 Å². The van der Waals surface area contributed by atoms with Crippen LogP contribution in [0.4, 0.5) is 0 Å². The van der Waals surface area contributed by atoms with Crippen molar-refractivity contribution in [2.24, 2.45) is 0 Å². The minimum Gasteiger partial charge on any atom is -0.461 e. The molecule has 2 rings (SSSR count). The van der Waals surface area contributed by atoms with E-state index in [-0.39, 0.29) is 19.1 Å². The molecule has 108 valence electrons. The standard InChI is InChI=1S/C12H17N5O3/c1-12(2,8-18)16(3)10(19)7-17-14-11(13-15-17)9-5-4-6-20-9/h4-6,18H,7-8H2,1-3H3. The van der Waals surface area contributed by atoms with Crippen LogP contribution in [0.5, 0.6) is 0 Å². The van der Waals surface area contributed by atoms with Crippen molar-refractivity contribution >= 4 is 5.91 Å². The maximum absolute atomic E-state index is 12.1. The van der Waals surface area contributed by atoms with E-state index in [1.165, 1.54) is 16.0 Å². The molecule has 8 heteroatoms. The van der Waals surface area contributed by atoms with Gasteiger partial charge in [-0.1, -0.05) is 0 Å². The first-order valence-corrected chi connectivity index (χ1v) is 6.13. The lowest BCUT2D eigenvalue weighted by atomic mass is 10.1. The summed E-state index contributed by atoms with van der Waals surface area (Å²) in [5, 5.41) is 21.0. The van der Waals surface area contributed by atoms with Gasteiger partial charge in [0.05, 0.1) is 18.4 Å². The lowest BCUT2D eigenvalue weighted by Gasteiger charge is -2.33. The quantitative estimate of drug-likeness (QED) is 0.837. The highest BCUT2D eigenvalue weighted by Gasteiger charge is 2.27. The van der Waals surface area contributed by atoms with Gasteiger partial charge in [0, 0.05) is 7.05 Å². The van der Waals surface area contributed by atoms with Gasteiger partial charge < -0.3 is 14.4 Å². The number of carbonyl (C=O) groups is 1. The molecule has 0 unspecified atom stereocenters. The average Bonchev–Trinajstić information content (AvgIpc) is 3.07. The van der Waals surface area contributed by atoms with Gasteiger partial charge in [0.2, 0.25) is 11.7 Å². The number of amides is 1. The topological polar surface area (TPSA) is 97.3 Å². The highest BCUT2D eigenvalue weighted by atomic mass is 16.3. The second-order valence-electron chi connectivity index (χ2n) is 5.04. The van der Waals surface area contributed by atoms with Gasteiger partial charge in [-0.2, -0.15) is 4.80 Å². The largest absolute Gasteiger partial charge is 0.461 e. The molecule has 1 amide bonds. The van der Waals surface area contributed by atoms with Gasteiger partial charge in [0.1, 0.15) is 6.54 Å². The van der Waals surface area contributed by atoms with Crippen LogP contribution in [-0.2, 0) is 11.3 Å². The van der Waals surface area contributed by atoms with E-state index in [2.05, 4.69) is 15.4 Å². The minimum absolute atomic E-state index is 0.0480. The fourth-order valence-corrected chi connectivity index (χ4v) is 1.49. The zero-order valence-electron chi connectivity index (χ0n) is 11.6. The van der Waals surface area contributed by atoms with Crippen molar-refractivity contribution in [1.29, 1.82) is 0 Å². The average molecular weight is 279 g/mol. The maximum Gasteiger partial charge on any atom is 0.246 e. The number of hydrogen-bond donors (Lipinski definition) is 1. The highest BCUT2D eigenvalue weighted by molar-refractivity contribution is 5.76. The molecule has 0 fully saturated rings. The van der Waals surface area contributed by atoms with E-state index in [9.17, 15) is 9.90 Å². The van der Waals surface area contributed by atoms with Crippen molar-refractivity contribution in [3.05, 3.63) is 18.4 Å². The van der Waals surface area contributed by atoms with Gasteiger partial charge >= 0.3 is 0 Å². The molecular formula is C12H17N5O3. The zero-order valence-corrected chi connectivity index (χ0v) is 11.6. The molecule has 0 atom stereocenters. The van der Waals surface area contributed by atoms with Crippen molar-refractivity contribution in [3.63, 3.8) is 0 Å². The second kappa shape index (κ2) is 5.41. The van der Waals surface area contributed by atoms with Gasteiger partial charge in [0.25, 0.3) is 0 Å². The number of aliphatic hydroxyl groups is 1. The van der Waals surface area contributed by atoms with E-state index >= 15 is 0 Å². The van der Waals surface area contributed by atoms with Crippen LogP contribution in [0.25, 0.3) is 11.6 Å². The number of likely N-dealkylation sites (N-methyl/N-ethyl adjacent to an activating group) is 1. The fourth-order valence-electron chi connectivity index (χ4n) is 1.49. The summed E-state index contributed by atoms with van der Waals surface area (Å²) in [7, 11) is 1.63. The summed E-state index contributed by atoms with van der Waals surface area (Å²) in [4.78, 5) is 14.7. The number of aromatic nitrogens is 4. The number of carbonyl (C=O) groups excluding carboxylic acids is 1. The molecule has 0 saturated heterocycles. The molecule has 1 N–H and O–H groups in total. The van der Waals surface area contributed by atoms with Crippen LogP contribution >= 0.6 is 0 Å². The molecule has 0 aliphatic rings. The van der Waals surface area contributed by atoms with E-state index in [1.807, 2.05) is 0 Å².